The van der Waals surface area contributed by atoms with Crippen LogP contribution in [0.1, 0.15) is 25.3 Å². The first kappa shape index (κ1) is 13.1. The number of H-pyrrole nitrogens is 1. The molecule has 0 atom stereocenters. The van der Waals surface area contributed by atoms with Crippen LogP contribution in [-0.2, 0) is 11.3 Å². The summed E-state index contributed by atoms with van der Waals surface area (Å²) in [5.41, 5.74) is 2.52. The van der Waals surface area contributed by atoms with Gasteiger partial charge >= 0.3 is 0 Å². The van der Waals surface area contributed by atoms with Crippen LogP contribution in [0, 0.1) is 0 Å². The van der Waals surface area contributed by atoms with Gasteiger partial charge in [0.15, 0.2) is 0 Å². The summed E-state index contributed by atoms with van der Waals surface area (Å²) in [6.45, 7) is 5.65. The molecule has 0 aliphatic carbocycles. The molecule has 0 saturated carbocycles. The molecule has 0 aliphatic heterocycles. The van der Waals surface area contributed by atoms with Crippen LogP contribution in [0.3, 0.4) is 0 Å². The standard InChI is InChI=1S/C15H22N2O/c1-2-3-9-18-10-8-16-11-13-12-17-15-7-5-4-6-14(13)15/h4-7,12,16-17H,2-3,8-11H2,1H3. The highest BCUT2D eigenvalue weighted by Gasteiger charge is 2.01. The molecule has 0 aliphatic rings. The molecule has 3 heteroatoms. The number of unbranched alkanes of at least 4 members (excludes halogenated alkanes) is 1. The van der Waals surface area contributed by atoms with Crippen LogP contribution >= 0.6 is 0 Å². The molecule has 0 spiro atoms. The molecule has 2 aromatic rings. The van der Waals surface area contributed by atoms with Gasteiger partial charge in [-0.15, -0.1) is 0 Å². The number of hydrogen-bond acceptors (Lipinski definition) is 2. The average Bonchev–Trinajstić information content (AvgIpc) is 2.81. The normalized spacial score (nSPS) is 11.2. The molecule has 2 N–H and O–H groups in total. The summed E-state index contributed by atoms with van der Waals surface area (Å²) in [5.74, 6) is 0. The van der Waals surface area contributed by atoms with Gasteiger partial charge in [-0.2, -0.15) is 0 Å². The lowest BCUT2D eigenvalue weighted by atomic mass is 10.2. The van der Waals surface area contributed by atoms with Crippen LogP contribution in [0.15, 0.2) is 30.5 Å². The van der Waals surface area contributed by atoms with E-state index in [2.05, 4.69) is 47.7 Å². The maximum atomic E-state index is 5.51. The number of hydrogen-bond donors (Lipinski definition) is 2. The van der Waals surface area contributed by atoms with Crippen LogP contribution in [0.2, 0.25) is 0 Å². The Balaban J connectivity index is 1.70. The third-order valence-electron chi connectivity index (χ3n) is 3.06. The molecule has 1 aromatic heterocycles. The van der Waals surface area contributed by atoms with Gasteiger partial charge in [0.25, 0.3) is 0 Å². The van der Waals surface area contributed by atoms with Crippen LogP contribution < -0.4 is 5.32 Å². The minimum Gasteiger partial charge on any atom is -0.380 e. The summed E-state index contributed by atoms with van der Waals surface area (Å²) in [7, 11) is 0. The quantitative estimate of drug-likeness (QED) is 0.702. The van der Waals surface area contributed by atoms with Gasteiger partial charge in [-0.05, 0) is 18.1 Å². The van der Waals surface area contributed by atoms with Crippen molar-refractivity contribution in [3.8, 4) is 0 Å². The van der Waals surface area contributed by atoms with E-state index in [4.69, 9.17) is 4.74 Å². The Kier molecular flexibility index (Phi) is 5.24. The van der Waals surface area contributed by atoms with Gasteiger partial charge in [-0.25, -0.2) is 0 Å². The van der Waals surface area contributed by atoms with E-state index in [1.807, 2.05) is 0 Å². The molecular weight excluding hydrogens is 224 g/mol. The highest BCUT2D eigenvalue weighted by molar-refractivity contribution is 5.82. The molecule has 98 valence electrons. The second-order valence-electron chi connectivity index (χ2n) is 4.50. The van der Waals surface area contributed by atoms with Crippen molar-refractivity contribution in [3.05, 3.63) is 36.0 Å². The summed E-state index contributed by atoms with van der Waals surface area (Å²) in [6, 6.07) is 8.39. The van der Waals surface area contributed by atoms with E-state index in [9.17, 15) is 0 Å². The van der Waals surface area contributed by atoms with Crippen molar-refractivity contribution < 1.29 is 4.74 Å². The van der Waals surface area contributed by atoms with Gasteiger partial charge < -0.3 is 15.0 Å². The molecule has 0 saturated heterocycles. The molecule has 18 heavy (non-hydrogen) atoms. The van der Waals surface area contributed by atoms with E-state index in [0.717, 1.165) is 32.7 Å². The zero-order chi connectivity index (χ0) is 12.6. The fraction of sp³-hybridized carbons (Fsp3) is 0.467. The molecule has 0 unspecified atom stereocenters. The average molecular weight is 246 g/mol. The lowest BCUT2D eigenvalue weighted by Crippen LogP contribution is -2.19. The summed E-state index contributed by atoms with van der Waals surface area (Å²) >= 11 is 0. The Morgan fingerprint density at radius 3 is 3.00 bits per heavy atom. The maximum Gasteiger partial charge on any atom is 0.0591 e. The van der Waals surface area contributed by atoms with Gasteiger partial charge in [0.2, 0.25) is 0 Å². The number of ether oxygens (including phenoxy) is 1. The Morgan fingerprint density at radius 2 is 2.11 bits per heavy atom. The molecule has 3 nitrogen and oxygen atoms in total. The van der Waals surface area contributed by atoms with Crippen molar-refractivity contribution in [2.24, 2.45) is 0 Å². The Hall–Kier alpha value is -1.32. The number of rotatable bonds is 8. The second-order valence-corrected chi connectivity index (χ2v) is 4.50. The highest BCUT2D eigenvalue weighted by Crippen LogP contribution is 2.16. The molecule has 1 aromatic carbocycles. The van der Waals surface area contributed by atoms with Crippen LogP contribution in [0.25, 0.3) is 10.9 Å². The number of aromatic amines is 1. The molecule has 1 heterocycles. The van der Waals surface area contributed by atoms with Gasteiger partial charge in [-0.3, -0.25) is 0 Å². The first-order valence-electron chi connectivity index (χ1n) is 6.75. The molecule has 0 amide bonds. The fourth-order valence-electron chi connectivity index (χ4n) is 1.99. The van der Waals surface area contributed by atoms with Crippen molar-refractivity contribution >= 4 is 10.9 Å². The summed E-state index contributed by atoms with van der Waals surface area (Å²) in [4.78, 5) is 3.29. The Labute approximate surface area is 109 Å². The van der Waals surface area contributed by atoms with E-state index < -0.39 is 0 Å². The monoisotopic (exact) mass is 246 g/mol. The van der Waals surface area contributed by atoms with Crippen molar-refractivity contribution in [2.75, 3.05) is 19.8 Å². The topological polar surface area (TPSA) is 37.0 Å². The predicted octanol–water partition coefficient (Wildman–Crippen LogP) is 3.07. The minimum atomic E-state index is 0.794. The van der Waals surface area contributed by atoms with E-state index in [1.54, 1.807) is 0 Å². The van der Waals surface area contributed by atoms with Crippen LogP contribution in [0.4, 0.5) is 0 Å². The van der Waals surface area contributed by atoms with Crippen LogP contribution in [0.5, 0.6) is 0 Å². The number of nitrogens with one attached hydrogen (secondary N) is 2. The first-order chi connectivity index (χ1) is 8.92. The second kappa shape index (κ2) is 7.19. The largest absolute Gasteiger partial charge is 0.380 e. The van der Waals surface area contributed by atoms with Gasteiger partial charge in [-0.1, -0.05) is 31.5 Å². The van der Waals surface area contributed by atoms with Crippen molar-refractivity contribution in [1.29, 1.82) is 0 Å². The number of benzene rings is 1. The SMILES string of the molecule is CCCCOCCNCc1c[nH]c2ccccc12. The van der Waals surface area contributed by atoms with E-state index in [0.29, 0.717) is 0 Å². The van der Waals surface area contributed by atoms with Crippen LogP contribution in [-0.4, -0.2) is 24.7 Å². The van der Waals surface area contributed by atoms with E-state index >= 15 is 0 Å². The lowest BCUT2D eigenvalue weighted by Gasteiger charge is -2.05. The summed E-state index contributed by atoms with van der Waals surface area (Å²) in [6.07, 6.45) is 4.43. The first-order valence-corrected chi connectivity index (χ1v) is 6.75. The predicted molar refractivity (Wildman–Crippen MR) is 75.7 cm³/mol. The third kappa shape index (κ3) is 3.59. The summed E-state index contributed by atoms with van der Waals surface area (Å²) < 4.78 is 5.51. The summed E-state index contributed by atoms with van der Waals surface area (Å²) in [5, 5.41) is 4.71. The minimum absolute atomic E-state index is 0.794. The molecular formula is C15H22N2O. The van der Waals surface area contributed by atoms with E-state index in [-0.39, 0.29) is 0 Å². The molecule has 2 rings (SSSR count). The fourth-order valence-corrected chi connectivity index (χ4v) is 1.99. The molecule has 0 radical (unpaired) electrons. The number of para-hydroxylation sites is 1. The highest BCUT2D eigenvalue weighted by atomic mass is 16.5. The number of aromatic nitrogens is 1. The zero-order valence-electron chi connectivity index (χ0n) is 11.0. The molecule has 0 fully saturated rings. The Bertz CT molecular complexity index is 464. The maximum absolute atomic E-state index is 5.51. The van der Waals surface area contributed by atoms with Crippen molar-refractivity contribution in [3.63, 3.8) is 0 Å². The third-order valence-corrected chi connectivity index (χ3v) is 3.06. The van der Waals surface area contributed by atoms with Crippen molar-refractivity contribution in [2.45, 2.75) is 26.3 Å². The van der Waals surface area contributed by atoms with Gasteiger partial charge in [0.05, 0.1) is 6.61 Å². The smallest absolute Gasteiger partial charge is 0.0591 e. The van der Waals surface area contributed by atoms with Gasteiger partial charge in [0.1, 0.15) is 0 Å². The zero-order valence-corrected chi connectivity index (χ0v) is 11.0. The molecule has 0 bridgehead atoms. The van der Waals surface area contributed by atoms with Crippen molar-refractivity contribution in [1.82, 2.24) is 10.3 Å². The Morgan fingerprint density at radius 1 is 1.22 bits per heavy atom. The lowest BCUT2D eigenvalue weighted by molar-refractivity contribution is 0.133. The number of fused-ring (bicyclic) bond motifs is 1. The van der Waals surface area contributed by atoms with Gasteiger partial charge in [0, 0.05) is 36.8 Å². The van der Waals surface area contributed by atoms with E-state index in [1.165, 1.54) is 22.9 Å².